The molecule has 1 saturated heterocycles. The predicted molar refractivity (Wildman–Crippen MR) is 89.0 cm³/mol. The van der Waals surface area contributed by atoms with Gasteiger partial charge in [-0.15, -0.1) is 0 Å². The van der Waals surface area contributed by atoms with Gasteiger partial charge in [-0.25, -0.2) is 9.97 Å². The van der Waals surface area contributed by atoms with Crippen molar-refractivity contribution in [1.29, 1.82) is 0 Å². The van der Waals surface area contributed by atoms with Crippen LogP contribution in [0.4, 0.5) is 5.82 Å². The third kappa shape index (κ3) is 4.68. The summed E-state index contributed by atoms with van der Waals surface area (Å²) < 4.78 is 0. The lowest BCUT2D eigenvalue weighted by atomic mass is 9.99. The Labute approximate surface area is 133 Å². The van der Waals surface area contributed by atoms with E-state index in [4.69, 9.17) is 0 Å². The molecule has 0 bridgehead atoms. The van der Waals surface area contributed by atoms with E-state index in [1.807, 2.05) is 11.8 Å². The number of aryl methyl sites for hydroxylation is 1. The lowest BCUT2D eigenvalue weighted by Gasteiger charge is -2.30. The molecule has 0 atom stereocenters. The third-order valence-electron chi connectivity index (χ3n) is 4.16. The number of amides is 1. The van der Waals surface area contributed by atoms with Gasteiger partial charge >= 0.3 is 0 Å². The number of carbonyl (C=O) groups is 1. The van der Waals surface area contributed by atoms with Crippen molar-refractivity contribution in [1.82, 2.24) is 14.9 Å². The Balaban J connectivity index is 2.03. The van der Waals surface area contributed by atoms with Crippen LogP contribution in [0, 0.1) is 18.8 Å². The molecule has 0 radical (unpaired) electrons. The highest BCUT2D eigenvalue weighted by molar-refractivity contribution is 5.93. The summed E-state index contributed by atoms with van der Waals surface area (Å²) in [5.41, 5.74) is 0.508. The van der Waals surface area contributed by atoms with E-state index in [-0.39, 0.29) is 5.91 Å². The lowest BCUT2D eigenvalue weighted by Crippen LogP contribution is -2.38. The molecule has 1 aromatic heterocycles. The first-order valence-electron chi connectivity index (χ1n) is 8.34. The van der Waals surface area contributed by atoms with E-state index in [1.54, 1.807) is 6.07 Å². The quantitative estimate of drug-likeness (QED) is 0.908. The number of piperidine rings is 1. The van der Waals surface area contributed by atoms with Crippen molar-refractivity contribution in [2.24, 2.45) is 11.8 Å². The number of hydrogen-bond acceptors (Lipinski definition) is 4. The number of likely N-dealkylation sites (tertiary alicyclic amines) is 1. The highest BCUT2D eigenvalue weighted by Crippen LogP contribution is 2.18. The van der Waals surface area contributed by atoms with Crippen LogP contribution >= 0.6 is 0 Å². The minimum absolute atomic E-state index is 0.0318. The van der Waals surface area contributed by atoms with E-state index in [1.165, 1.54) is 0 Å². The Morgan fingerprint density at radius 3 is 2.68 bits per heavy atom. The van der Waals surface area contributed by atoms with Gasteiger partial charge in [-0.2, -0.15) is 0 Å². The largest absolute Gasteiger partial charge is 0.370 e. The average molecular weight is 304 g/mol. The summed E-state index contributed by atoms with van der Waals surface area (Å²) in [5.74, 6) is 2.78. The van der Waals surface area contributed by atoms with Gasteiger partial charge in [0.15, 0.2) is 0 Å². The van der Waals surface area contributed by atoms with Gasteiger partial charge in [-0.3, -0.25) is 4.79 Å². The Kier molecular flexibility index (Phi) is 5.75. The Bertz CT molecular complexity index is 507. The number of anilines is 1. The Morgan fingerprint density at radius 2 is 2.05 bits per heavy atom. The van der Waals surface area contributed by atoms with Crippen LogP contribution in [-0.4, -0.2) is 40.4 Å². The third-order valence-corrected chi connectivity index (χ3v) is 4.16. The van der Waals surface area contributed by atoms with Gasteiger partial charge in [-0.05, 0) is 38.0 Å². The van der Waals surface area contributed by atoms with E-state index in [0.717, 1.165) is 44.7 Å². The summed E-state index contributed by atoms with van der Waals surface area (Å²) in [6, 6.07) is 1.79. The van der Waals surface area contributed by atoms with Crippen molar-refractivity contribution in [2.75, 3.05) is 25.0 Å². The van der Waals surface area contributed by atoms with Crippen molar-refractivity contribution in [3.05, 3.63) is 17.6 Å². The van der Waals surface area contributed by atoms with Crippen LogP contribution in [0.3, 0.4) is 0 Å². The SMILES string of the molecule is Cc1nc(NCCC(C)C)cc(C(=O)N2CCC(C)CC2)n1. The Hall–Kier alpha value is -1.65. The first kappa shape index (κ1) is 16.7. The van der Waals surface area contributed by atoms with Crippen molar-refractivity contribution < 1.29 is 4.79 Å². The molecular formula is C17H28N4O. The van der Waals surface area contributed by atoms with Gasteiger partial charge in [0.05, 0.1) is 0 Å². The molecule has 0 unspecified atom stereocenters. The zero-order valence-electron chi connectivity index (χ0n) is 14.2. The molecule has 0 saturated carbocycles. The lowest BCUT2D eigenvalue weighted by molar-refractivity contribution is 0.0691. The summed E-state index contributed by atoms with van der Waals surface area (Å²) >= 11 is 0. The van der Waals surface area contributed by atoms with Gasteiger partial charge in [-0.1, -0.05) is 20.8 Å². The minimum Gasteiger partial charge on any atom is -0.370 e. The fraction of sp³-hybridized carbons (Fsp3) is 0.706. The fourth-order valence-corrected chi connectivity index (χ4v) is 2.63. The second-order valence-electron chi connectivity index (χ2n) is 6.77. The standard InChI is InChI=1S/C17H28N4O/c1-12(2)5-8-18-16-11-15(19-14(4)20-16)17(22)21-9-6-13(3)7-10-21/h11-13H,5-10H2,1-4H3,(H,18,19,20). The summed E-state index contributed by atoms with van der Waals surface area (Å²) in [4.78, 5) is 23.2. The van der Waals surface area contributed by atoms with Crippen LogP contribution in [0.1, 0.15) is 56.3 Å². The molecular weight excluding hydrogens is 276 g/mol. The second-order valence-corrected chi connectivity index (χ2v) is 6.77. The van der Waals surface area contributed by atoms with E-state index in [0.29, 0.717) is 23.4 Å². The van der Waals surface area contributed by atoms with Gasteiger partial charge in [0, 0.05) is 25.7 Å². The molecule has 2 rings (SSSR count). The number of nitrogens with one attached hydrogen (secondary N) is 1. The summed E-state index contributed by atoms with van der Waals surface area (Å²) in [5, 5.41) is 3.30. The number of nitrogens with zero attached hydrogens (tertiary/aromatic N) is 3. The molecule has 1 amide bonds. The molecule has 5 nitrogen and oxygen atoms in total. The summed E-state index contributed by atoms with van der Waals surface area (Å²) in [7, 11) is 0. The van der Waals surface area contributed by atoms with Crippen LogP contribution in [0.15, 0.2) is 6.07 Å². The number of rotatable bonds is 5. The van der Waals surface area contributed by atoms with E-state index < -0.39 is 0 Å². The first-order chi connectivity index (χ1) is 10.5. The van der Waals surface area contributed by atoms with Gasteiger partial charge in [0.1, 0.15) is 17.3 Å². The topological polar surface area (TPSA) is 58.1 Å². The zero-order valence-corrected chi connectivity index (χ0v) is 14.2. The van der Waals surface area contributed by atoms with Gasteiger partial charge in [0.2, 0.25) is 0 Å². The molecule has 1 N–H and O–H groups in total. The van der Waals surface area contributed by atoms with Crippen LogP contribution < -0.4 is 5.32 Å². The van der Waals surface area contributed by atoms with Crippen LogP contribution in [0.25, 0.3) is 0 Å². The van der Waals surface area contributed by atoms with Gasteiger partial charge < -0.3 is 10.2 Å². The van der Waals surface area contributed by atoms with E-state index in [9.17, 15) is 4.79 Å². The number of aromatic nitrogens is 2. The minimum atomic E-state index is 0.0318. The number of carbonyl (C=O) groups excluding carboxylic acids is 1. The highest BCUT2D eigenvalue weighted by Gasteiger charge is 2.23. The fourth-order valence-electron chi connectivity index (χ4n) is 2.63. The molecule has 122 valence electrons. The van der Waals surface area contributed by atoms with E-state index in [2.05, 4.69) is 36.1 Å². The highest BCUT2D eigenvalue weighted by atomic mass is 16.2. The normalized spacial score (nSPS) is 16.1. The molecule has 0 aliphatic carbocycles. The summed E-state index contributed by atoms with van der Waals surface area (Å²) in [6.45, 7) is 11.0. The second kappa shape index (κ2) is 7.56. The van der Waals surface area contributed by atoms with Crippen LogP contribution in [0.2, 0.25) is 0 Å². The molecule has 1 aliphatic rings. The molecule has 0 spiro atoms. The smallest absolute Gasteiger partial charge is 0.272 e. The maximum Gasteiger partial charge on any atom is 0.272 e. The Morgan fingerprint density at radius 1 is 1.36 bits per heavy atom. The maximum absolute atomic E-state index is 12.6. The monoisotopic (exact) mass is 304 g/mol. The van der Waals surface area contributed by atoms with Crippen LogP contribution in [0.5, 0.6) is 0 Å². The van der Waals surface area contributed by atoms with Crippen molar-refractivity contribution in [2.45, 2.75) is 47.0 Å². The molecule has 5 heteroatoms. The molecule has 0 aromatic carbocycles. The van der Waals surface area contributed by atoms with Crippen molar-refractivity contribution in [3.8, 4) is 0 Å². The maximum atomic E-state index is 12.6. The molecule has 1 aromatic rings. The first-order valence-corrected chi connectivity index (χ1v) is 8.34. The molecule has 2 heterocycles. The molecule has 1 fully saturated rings. The zero-order chi connectivity index (χ0) is 16.1. The average Bonchev–Trinajstić information content (AvgIpc) is 2.46. The van der Waals surface area contributed by atoms with Crippen molar-refractivity contribution in [3.63, 3.8) is 0 Å². The molecule has 22 heavy (non-hydrogen) atoms. The van der Waals surface area contributed by atoms with Crippen LogP contribution in [-0.2, 0) is 0 Å². The number of hydrogen-bond donors (Lipinski definition) is 1. The van der Waals surface area contributed by atoms with Crippen molar-refractivity contribution >= 4 is 11.7 Å². The van der Waals surface area contributed by atoms with Gasteiger partial charge in [0.25, 0.3) is 5.91 Å². The molecule has 1 aliphatic heterocycles. The summed E-state index contributed by atoms with van der Waals surface area (Å²) in [6.07, 6.45) is 3.24. The van der Waals surface area contributed by atoms with E-state index >= 15 is 0 Å². The predicted octanol–water partition coefficient (Wildman–Crippen LogP) is 3.12.